The van der Waals surface area contributed by atoms with E-state index in [9.17, 15) is 5.11 Å². The second-order valence-corrected chi connectivity index (χ2v) is 7.64. The number of aliphatic hydroxyl groups is 1. The molecule has 0 saturated heterocycles. The summed E-state index contributed by atoms with van der Waals surface area (Å²) in [5.74, 6) is 0. The van der Waals surface area contributed by atoms with Gasteiger partial charge in [-0.25, -0.2) is 4.98 Å². The average molecular weight is 360 g/mol. The number of imidazole rings is 1. The molecule has 22 heavy (non-hydrogen) atoms. The van der Waals surface area contributed by atoms with Gasteiger partial charge in [-0.2, -0.15) is 0 Å². The second kappa shape index (κ2) is 5.72. The maximum Gasteiger partial charge on any atom is 0.128 e. The van der Waals surface area contributed by atoms with Crippen LogP contribution < -0.4 is 0 Å². The molecule has 1 aliphatic carbocycles. The smallest absolute Gasteiger partial charge is 0.128 e. The SMILES string of the molecule is Cc1cc(Cl)ccc1CC(O)(Cn1cncc1Cl)C1(Cl)CC1. The van der Waals surface area contributed by atoms with E-state index in [0.717, 1.165) is 24.0 Å². The van der Waals surface area contributed by atoms with Crippen LogP contribution in [0.1, 0.15) is 24.0 Å². The van der Waals surface area contributed by atoms with Crippen molar-refractivity contribution >= 4 is 34.8 Å². The van der Waals surface area contributed by atoms with Crippen LogP contribution in [-0.2, 0) is 13.0 Å². The highest BCUT2D eigenvalue weighted by atomic mass is 35.5. The van der Waals surface area contributed by atoms with E-state index in [1.54, 1.807) is 17.1 Å². The quantitative estimate of drug-likeness (QED) is 0.811. The van der Waals surface area contributed by atoms with Crippen molar-refractivity contribution in [3.63, 3.8) is 0 Å². The summed E-state index contributed by atoms with van der Waals surface area (Å²) in [6.07, 6.45) is 5.22. The number of nitrogens with zero attached hydrogens (tertiary/aromatic N) is 2. The fourth-order valence-corrected chi connectivity index (χ4v) is 3.41. The van der Waals surface area contributed by atoms with Crippen molar-refractivity contribution in [2.45, 2.75) is 43.2 Å². The van der Waals surface area contributed by atoms with Gasteiger partial charge in [0.25, 0.3) is 0 Å². The molecule has 0 radical (unpaired) electrons. The minimum Gasteiger partial charge on any atom is -0.386 e. The number of alkyl halides is 1. The average Bonchev–Trinajstić information content (AvgIpc) is 3.09. The van der Waals surface area contributed by atoms with Crippen LogP contribution in [-0.4, -0.2) is 25.1 Å². The topological polar surface area (TPSA) is 38.0 Å². The van der Waals surface area contributed by atoms with Crippen molar-refractivity contribution in [2.75, 3.05) is 0 Å². The van der Waals surface area contributed by atoms with Crippen LogP contribution in [0.2, 0.25) is 10.2 Å². The van der Waals surface area contributed by atoms with Gasteiger partial charge in [0.05, 0.1) is 23.9 Å². The maximum atomic E-state index is 11.3. The largest absolute Gasteiger partial charge is 0.386 e. The summed E-state index contributed by atoms with van der Waals surface area (Å²) >= 11 is 18.7. The number of benzene rings is 1. The Morgan fingerprint density at radius 1 is 1.36 bits per heavy atom. The summed E-state index contributed by atoms with van der Waals surface area (Å²) in [5.41, 5.74) is 0.996. The van der Waals surface area contributed by atoms with E-state index in [2.05, 4.69) is 4.98 Å². The minimum atomic E-state index is -1.09. The highest BCUT2D eigenvalue weighted by Crippen LogP contribution is 2.53. The molecular formula is C16H17Cl3N2O. The van der Waals surface area contributed by atoms with Crippen molar-refractivity contribution in [3.05, 3.63) is 52.0 Å². The summed E-state index contributed by atoms with van der Waals surface area (Å²) in [4.78, 5) is 3.40. The fourth-order valence-electron chi connectivity index (χ4n) is 2.81. The molecule has 1 saturated carbocycles. The standard InChI is InChI=1S/C16H17Cl3N2O/c1-11-6-13(17)3-2-12(11)7-16(22,15(19)4-5-15)9-21-10-20-8-14(21)18/h2-3,6,8,10,22H,4-5,7,9H2,1H3. The van der Waals surface area contributed by atoms with Crippen molar-refractivity contribution < 1.29 is 5.11 Å². The van der Waals surface area contributed by atoms with Crippen LogP contribution in [0.25, 0.3) is 0 Å². The Labute approximate surface area is 144 Å². The second-order valence-electron chi connectivity index (χ2n) is 6.09. The zero-order valence-electron chi connectivity index (χ0n) is 12.2. The molecule has 1 N–H and O–H groups in total. The Morgan fingerprint density at radius 3 is 2.64 bits per heavy atom. The lowest BCUT2D eigenvalue weighted by Crippen LogP contribution is -2.47. The van der Waals surface area contributed by atoms with Gasteiger partial charge >= 0.3 is 0 Å². The Kier molecular flexibility index (Phi) is 4.19. The first-order valence-electron chi connectivity index (χ1n) is 7.15. The lowest BCUT2D eigenvalue weighted by atomic mass is 9.87. The zero-order valence-corrected chi connectivity index (χ0v) is 14.5. The van der Waals surface area contributed by atoms with Crippen molar-refractivity contribution in [1.82, 2.24) is 9.55 Å². The maximum absolute atomic E-state index is 11.3. The molecule has 1 unspecified atom stereocenters. The number of hydrogen-bond donors (Lipinski definition) is 1. The van der Waals surface area contributed by atoms with E-state index < -0.39 is 10.5 Å². The monoisotopic (exact) mass is 358 g/mol. The van der Waals surface area contributed by atoms with Gasteiger partial charge in [0.15, 0.2) is 0 Å². The molecule has 3 nitrogen and oxygen atoms in total. The van der Waals surface area contributed by atoms with E-state index in [1.807, 2.05) is 25.1 Å². The number of halogens is 3. The van der Waals surface area contributed by atoms with Crippen LogP contribution >= 0.6 is 34.8 Å². The first-order chi connectivity index (χ1) is 10.3. The van der Waals surface area contributed by atoms with Gasteiger partial charge in [-0.15, -0.1) is 11.6 Å². The highest BCUT2D eigenvalue weighted by molar-refractivity contribution is 6.30. The van der Waals surface area contributed by atoms with E-state index in [-0.39, 0.29) is 0 Å². The molecule has 1 aromatic carbocycles. The number of hydrogen-bond acceptors (Lipinski definition) is 2. The van der Waals surface area contributed by atoms with Crippen molar-refractivity contribution in [1.29, 1.82) is 0 Å². The Balaban J connectivity index is 1.91. The van der Waals surface area contributed by atoms with Crippen molar-refractivity contribution in [3.8, 4) is 0 Å². The third-order valence-corrected chi connectivity index (χ3v) is 5.68. The summed E-state index contributed by atoms with van der Waals surface area (Å²) in [7, 11) is 0. The molecule has 0 spiro atoms. The molecule has 0 amide bonds. The Bertz CT molecular complexity index is 696. The molecular weight excluding hydrogens is 343 g/mol. The van der Waals surface area contributed by atoms with E-state index in [0.29, 0.717) is 23.1 Å². The predicted octanol–water partition coefficient (Wildman–Crippen LogP) is 4.24. The first kappa shape index (κ1) is 16.1. The highest BCUT2D eigenvalue weighted by Gasteiger charge is 2.57. The molecule has 0 bridgehead atoms. The fraction of sp³-hybridized carbons (Fsp3) is 0.438. The number of aryl methyl sites for hydroxylation is 1. The van der Waals surface area contributed by atoms with Crippen LogP contribution in [0.5, 0.6) is 0 Å². The Morgan fingerprint density at radius 2 is 2.09 bits per heavy atom. The predicted molar refractivity (Wildman–Crippen MR) is 89.9 cm³/mol. The van der Waals surface area contributed by atoms with E-state index in [4.69, 9.17) is 34.8 Å². The number of rotatable bonds is 5. The van der Waals surface area contributed by atoms with Crippen molar-refractivity contribution in [2.24, 2.45) is 0 Å². The minimum absolute atomic E-state index is 0.317. The summed E-state index contributed by atoms with van der Waals surface area (Å²) in [5, 5.41) is 12.5. The third-order valence-electron chi connectivity index (χ3n) is 4.40. The molecule has 2 aromatic rings. The molecule has 6 heteroatoms. The van der Waals surface area contributed by atoms with Gasteiger partial charge in [0.1, 0.15) is 10.8 Å². The molecule has 1 heterocycles. The van der Waals surface area contributed by atoms with E-state index >= 15 is 0 Å². The summed E-state index contributed by atoms with van der Waals surface area (Å²) < 4.78 is 1.73. The van der Waals surface area contributed by atoms with Crippen LogP contribution in [0, 0.1) is 6.92 Å². The van der Waals surface area contributed by atoms with Crippen LogP contribution in [0.3, 0.4) is 0 Å². The van der Waals surface area contributed by atoms with Gasteiger partial charge in [0, 0.05) is 11.4 Å². The molecule has 1 aliphatic rings. The first-order valence-corrected chi connectivity index (χ1v) is 8.28. The zero-order chi connectivity index (χ0) is 16.0. The summed E-state index contributed by atoms with van der Waals surface area (Å²) in [6.45, 7) is 2.30. The van der Waals surface area contributed by atoms with Gasteiger partial charge in [-0.05, 0) is 43.0 Å². The number of aromatic nitrogens is 2. The third kappa shape index (κ3) is 3.00. The van der Waals surface area contributed by atoms with Gasteiger partial charge in [0.2, 0.25) is 0 Å². The lowest BCUT2D eigenvalue weighted by Gasteiger charge is -2.34. The molecule has 118 valence electrons. The van der Waals surface area contributed by atoms with Crippen LogP contribution in [0.15, 0.2) is 30.7 Å². The molecule has 1 atom stereocenters. The lowest BCUT2D eigenvalue weighted by molar-refractivity contribution is 0.0108. The van der Waals surface area contributed by atoms with Crippen LogP contribution in [0.4, 0.5) is 0 Å². The van der Waals surface area contributed by atoms with Gasteiger partial charge in [-0.1, -0.05) is 29.3 Å². The van der Waals surface area contributed by atoms with Gasteiger partial charge < -0.3 is 9.67 Å². The molecule has 0 aliphatic heterocycles. The Hall–Kier alpha value is -0.740. The van der Waals surface area contributed by atoms with E-state index in [1.165, 1.54) is 0 Å². The normalized spacial score (nSPS) is 19.0. The molecule has 1 aromatic heterocycles. The molecule has 1 fully saturated rings. The van der Waals surface area contributed by atoms with Gasteiger partial charge in [-0.3, -0.25) is 0 Å². The molecule has 3 rings (SSSR count). The summed E-state index contributed by atoms with van der Waals surface area (Å²) in [6, 6.07) is 5.68.